The number of aliphatic hydroxyl groups is 1. The van der Waals surface area contributed by atoms with Crippen LogP contribution in [0.1, 0.15) is 38.7 Å². The molecule has 0 spiro atoms. The van der Waals surface area contributed by atoms with Crippen LogP contribution < -0.4 is 4.74 Å². The van der Waals surface area contributed by atoms with Gasteiger partial charge in [0, 0.05) is 32.1 Å². The Morgan fingerprint density at radius 2 is 1.83 bits per heavy atom. The van der Waals surface area contributed by atoms with Crippen LogP contribution in [0.2, 0.25) is 0 Å². The number of rotatable bonds is 13. The Labute approximate surface area is 206 Å². The zero-order valence-electron chi connectivity index (χ0n) is 20.6. The first kappa shape index (κ1) is 26.4. The van der Waals surface area contributed by atoms with Crippen LogP contribution in [0.5, 0.6) is 11.6 Å². The molecule has 1 atom stereocenters. The van der Waals surface area contributed by atoms with Crippen molar-refractivity contribution < 1.29 is 23.8 Å². The fourth-order valence-corrected chi connectivity index (χ4v) is 3.86. The lowest BCUT2D eigenvalue weighted by Gasteiger charge is -2.25. The molecular weight excluding hydrogens is 449 g/mol. The van der Waals surface area contributed by atoms with Crippen LogP contribution in [0.25, 0.3) is 11.3 Å². The standard InChI is InChI=1S/C27H34FN3O4/c1-4-9-25(33)34-19-22(32)17-31(16-5-2)18-24-26(20-10-7-6-8-11-20)29-30(3)27(24)35-23-14-12-21(28)13-15-23/h6-8,10-15,22,32H,4-5,9,16-19H2,1-3H3. The second kappa shape index (κ2) is 13.0. The number of carbonyl (C=O) groups is 1. The maximum absolute atomic E-state index is 13.4. The van der Waals surface area contributed by atoms with Crippen molar-refractivity contribution in [3.05, 3.63) is 66.0 Å². The highest BCUT2D eigenvalue weighted by Gasteiger charge is 2.23. The highest BCUT2D eigenvalue weighted by atomic mass is 19.1. The summed E-state index contributed by atoms with van der Waals surface area (Å²) >= 11 is 0. The number of hydrogen-bond acceptors (Lipinski definition) is 6. The van der Waals surface area contributed by atoms with E-state index in [4.69, 9.17) is 14.6 Å². The molecule has 1 heterocycles. The minimum atomic E-state index is -0.819. The number of halogens is 1. The zero-order chi connectivity index (χ0) is 25.2. The van der Waals surface area contributed by atoms with Gasteiger partial charge in [-0.25, -0.2) is 9.07 Å². The van der Waals surface area contributed by atoms with Gasteiger partial charge in [0.05, 0.1) is 5.56 Å². The lowest BCUT2D eigenvalue weighted by atomic mass is 10.1. The molecule has 2 aromatic carbocycles. The smallest absolute Gasteiger partial charge is 0.305 e. The van der Waals surface area contributed by atoms with Gasteiger partial charge in [0.15, 0.2) is 0 Å². The van der Waals surface area contributed by atoms with Gasteiger partial charge in [0.25, 0.3) is 0 Å². The number of benzene rings is 2. The molecule has 0 amide bonds. The summed E-state index contributed by atoms with van der Waals surface area (Å²) in [6.45, 7) is 5.44. The number of aromatic nitrogens is 2. The van der Waals surface area contributed by atoms with Crippen LogP contribution in [0.4, 0.5) is 4.39 Å². The van der Waals surface area contributed by atoms with Crippen LogP contribution in [0, 0.1) is 5.82 Å². The molecule has 1 aromatic heterocycles. The van der Waals surface area contributed by atoms with Gasteiger partial charge in [0.1, 0.15) is 30.0 Å². The Hall–Kier alpha value is -3.23. The number of ether oxygens (including phenoxy) is 2. The lowest BCUT2D eigenvalue weighted by Crippen LogP contribution is -2.35. The third-order valence-corrected chi connectivity index (χ3v) is 5.44. The Balaban J connectivity index is 1.87. The number of aliphatic hydroxyl groups excluding tert-OH is 1. The third kappa shape index (κ3) is 7.63. The van der Waals surface area contributed by atoms with Gasteiger partial charge in [-0.05, 0) is 43.7 Å². The molecule has 0 aliphatic rings. The summed E-state index contributed by atoms with van der Waals surface area (Å²) in [6.07, 6.45) is 1.10. The molecule has 7 nitrogen and oxygen atoms in total. The molecule has 0 saturated heterocycles. The monoisotopic (exact) mass is 483 g/mol. The van der Waals surface area contributed by atoms with E-state index in [1.165, 1.54) is 12.1 Å². The van der Waals surface area contributed by atoms with Crippen LogP contribution in [-0.4, -0.2) is 51.6 Å². The highest BCUT2D eigenvalue weighted by Crippen LogP contribution is 2.34. The molecule has 0 aliphatic heterocycles. The van der Waals surface area contributed by atoms with Gasteiger partial charge in [-0.3, -0.25) is 9.69 Å². The number of hydrogen-bond donors (Lipinski definition) is 1. The summed E-state index contributed by atoms with van der Waals surface area (Å²) in [4.78, 5) is 13.8. The Kier molecular flexibility index (Phi) is 9.81. The van der Waals surface area contributed by atoms with Crippen LogP contribution in [0.15, 0.2) is 54.6 Å². The highest BCUT2D eigenvalue weighted by molar-refractivity contribution is 5.69. The van der Waals surface area contributed by atoms with Crippen molar-refractivity contribution in [1.29, 1.82) is 0 Å². The molecule has 0 radical (unpaired) electrons. The quantitative estimate of drug-likeness (QED) is 0.347. The molecule has 35 heavy (non-hydrogen) atoms. The van der Waals surface area contributed by atoms with Crippen molar-refractivity contribution in [2.75, 3.05) is 19.7 Å². The van der Waals surface area contributed by atoms with E-state index >= 15 is 0 Å². The molecule has 188 valence electrons. The molecule has 0 saturated carbocycles. The second-order valence-electron chi connectivity index (χ2n) is 8.50. The van der Waals surface area contributed by atoms with E-state index in [1.54, 1.807) is 23.9 Å². The number of esters is 1. The van der Waals surface area contributed by atoms with E-state index in [-0.39, 0.29) is 18.4 Å². The summed E-state index contributed by atoms with van der Waals surface area (Å²) in [7, 11) is 1.81. The zero-order valence-corrected chi connectivity index (χ0v) is 20.6. The third-order valence-electron chi connectivity index (χ3n) is 5.44. The fraction of sp³-hybridized carbons (Fsp3) is 0.407. The van der Waals surface area contributed by atoms with Crippen LogP contribution in [-0.2, 0) is 23.1 Å². The van der Waals surface area contributed by atoms with Crippen molar-refractivity contribution in [3.8, 4) is 22.9 Å². The molecule has 3 rings (SSSR count). The van der Waals surface area contributed by atoms with Crippen LogP contribution in [0.3, 0.4) is 0 Å². The van der Waals surface area contributed by atoms with Gasteiger partial charge >= 0.3 is 5.97 Å². The molecule has 1 unspecified atom stereocenters. The van der Waals surface area contributed by atoms with Crippen molar-refractivity contribution in [2.24, 2.45) is 7.05 Å². The molecular formula is C27H34FN3O4. The summed E-state index contributed by atoms with van der Waals surface area (Å²) in [5.41, 5.74) is 2.57. The van der Waals surface area contributed by atoms with Crippen molar-refractivity contribution in [2.45, 2.75) is 45.8 Å². The van der Waals surface area contributed by atoms with Crippen molar-refractivity contribution >= 4 is 5.97 Å². The predicted molar refractivity (Wildman–Crippen MR) is 133 cm³/mol. The lowest BCUT2D eigenvalue weighted by molar-refractivity contribution is -0.147. The van der Waals surface area contributed by atoms with Gasteiger partial charge in [-0.1, -0.05) is 44.2 Å². The minimum Gasteiger partial charge on any atom is -0.463 e. The Morgan fingerprint density at radius 1 is 1.11 bits per heavy atom. The first-order chi connectivity index (χ1) is 16.9. The number of carbonyl (C=O) groups excluding carboxylic acids is 1. The Bertz CT molecular complexity index is 1070. The van der Waals surface area contributed by atoms with Gasteiger partial charge in [0.2, 0.25) is 5.88 Å². The SMILES string of the molecule is CCCC(=O)OCC(O)CN(CCC)Cc1c(-c2ccccc2)nn(C)c1Oc1ccc(F)cc1. The van der Waals surface area contributed by atoms with E-state index in [1.807, 2.05) is 37.3 Å². The first-order valence-corrected chi connectivity index (χ1v) is 12.0. The normalized spacial score (nSPS) is 12.1. The topological polar surface area (TPSA) is 76.8 Å². The van der Waals surface area contributed by atoms with E-state index in [0.717, 1.165) is 29.8 Å². The van der Waals surface area contributed by atoms with Crippen LogP contribution >= 0.6 is 0 Å². The summed E-state index contributed by atoms with van der Waals surface area (Å²) in [5.74, 6) is 0.401. The molecule has 3 aromatic rings. The van der Waals surface area contributed by atoms with E-state index < -0.39 is 6.10 Å². The van der Waals surface area contributed by atoms with E-state index in [9.17, 15) is 14.3 Å². The van der Waals surface area contributed by atoms with Gasteiger partial charge in [-0.15, -0.1) is 0 Å². The maximum Gasteiger partial charge on any atom is 0.305 e. The fourth-order valence-electron chi connectivity index (χ4n) is 3.86. The number of nitrogens with zero attached hydrogens (tertiary/aromatic N) is 3. The molecule has 0 aliphatic carbocycles. The Morgan fingerprint density at radius 3 is 2.49 bits per heavy atom. The summed E-state index contributed by atoms with van der Waals surface area (Å²) in [6, 6.07) is 15.7. The van der Waals surface area contributed by atoms with E-state index in [2.05, 4.69) is 11.8 Å². The average molecular weight is 484 g/mol. The second-order valence-corrected chi connectivity index (χ2v) is 8.50. The van der Waals surface area contributed by atoms with Crippen molar-refractivity contribution in [1.82, 2.24) is 14.7 Å². The van der Waals surface area contributed by atoms with Gasteiger partial charge < -0.3 is 14.6 Å². The maximum atomic E-state index is 13.4. The molecule has 0 bridgehead atoms. The van der Waals surface area contributed by atoms with Crippen molar-refractivity contribution in [3.63, 3.8) is 0 Å². The first-order valence-electron chi connectivity index (χ1n) is 12.0. The van der Waals surface area contributed by atoms with Gasteiger partial charge in [-0.2, -0.15) is 5.10 Å². The summed E-state index contributed by atoms with van der Waals surface area (Å²) in [5, 5.41) is 15.3. The molecule has 0 fully saturated rings. The number of aryl methyl sites for hydroxylation is 1. The predicted octanol–water partition coefficient (Wildman–Crippen LogP) is 4.93. The minimum absolute atomic E-state index is 0.0451. The largest absolute Gasteiger partial charge is 0.463 e. The molecule has 8 heteroatoms. The summed E-state index contributed by atoms with van der Waals surface area (Å²) < 4.78 is 26.4. The molecule has 1 N–H and O–H groups in total. The average Bonchev–Trinajstić information content (AvgIpc) is 3.15. The van der Waals surface area contributed by atoms with E-state index in [0.29, 0.717) is 37.6 Å².